The molecule has 0 spiro atoms. The third-order valence-electron chi connectivity index (χ3n) is 12.3. The Morgan fingerprint density at radius 3 is 1.11 bits per heavy atom. The van der Waals surface area contributed by atoms with Gasteiger partial charge < -0.3 is 4.90 Å². The zero-order chi connectivity index (χ0) is 42.0. The molecule has 0 aliphatic carbocycles. The molecule has 11 aromatic carbocycles. The van der Waals surface area contributed by atoms with Crippen molar-refractivity contribution in [3.8, 4) is 66.8 Å². The van der Waals surface area contributed by atoms with Gasteiger partial charge in [-0.3, -0.25) is 0 Å². The highest BCUT2D eigenvalue weighted by atomic mass is 15.1. The molecule has 1 nitrogen and oxygen atoms in total. The number of para-hydroxylation sites is 1. The van der Waals surface area contributed by atoms with Gasteiger partial charge in [0.15, 0.2) is 0 Å². The number of fused-ring (bicyclic) bond motifs is 2. The molecule has 0 saturated heterocycles. The molecule has 296 valence electrons. The molecule has 0 unspecified atom stereocenters. The van der Waals surface area contributed by atoms with Crippen molar-refractivity contribution in [2.45, 2.75) is 0 Å². The zero-order valence-corrected chi connectivity index (χ0v) is 34.8. The Labute approximate surface area is 369 Å². The molecule has 0 fully saturated rings. The minimum Gasteiger partial charge on any atom is -0.310 e. The summed E-state index contributed by atoms with van der Waals surface area (Å²) in [6.45, 7) is 0. The van der Waals surface area contributed by atoms with Crippen molar-refractivity contribution in [3.05, 3.63) is 261 Å². The topological polar surface area (TPSA) is 3.24 Å². The van der Waals surface area contributed by atoms with E-state index in [1.807, 2.05) is 0 Å². The predicted molar refractivity (Wildman–Crippen MR) is 269 cm³/mol. The van der Waals surface area contributed by atoms with Gasteiger partial charge >= 0.3 is 0 Å². The van der Waals surface area contributed by atoms with E-state index in [-0.39, 0.29) is 0 Å². The van der Waals surface area contributed by atoms with Crippen LogP contribution in [0.25, 0.3) is 88.3 Å². The Kier molecular flexibility index (Phi) is 9.97. The first kappa shape index (κ1) is 37.7. The second kappa shape index (κ2) is 16.7. The molecule has 0 bridgehead atoms. The first-order valence-corrected chi connectivity index (χ1v) is 21.7. The van der Waals surface area contributed by atoms with Gasteiger partial charge in [-0.2, -0.15) is 0 Å². The van der Waals surface area contributed by atoms with Gasteiger partial charge in [0.05, 0.1) is 5.69 Å². The molecule has 1 heteroatoms. The number of anilines is 3. The lowest BCUT2D eigenvalue weighted by Gasteiger charge is -2.28. The Bertz CT molecular complexity index is 3330. The molecule has 0 saturated carbocycles. The highest BCUT2D eigenvalue weighted by Gasteiger charge is 2.25. The fraction of sp³-hybridized carbons (Fsp3) is 0. The van der Waals surface area contributed by atoms with E-state index in [0.717, 1.165) is 17.1 Å². The van der Waals surface area contributed by atoms with Crippen molar-refractivity contribution < 1.29 is 0 Å². The highest BCUT2D eigenvalue weighted by molar-refractivity contribution is 6.19. The lowest BCUT2D eigenvalue weighted by atomic mass is 9.78. The van der Waals surface area contributed by atoms with Gasteiger partial charge in [-0.1, -0.05) is 224 Å². The maximum absolute atomic E-state index is 2.45. The summed E-state index contributed by atoms with van der Waals surface area (Å²) in [5.41, 5.74) is 17.8. The van der Waals surface area contributed by atoms with Gasteiger partial charge in [-0.25, -0.2) is 0 Å². The Morgan fingerprint density at radius 1 is 0.206 bits per heavy atom. The minimum absolute atomic E-state index is 1.10. The zero-order valence-electron chi connectivity index (χ0n) is 34.8. The minimum atomic E-state index is 1.10. The van der Waals surface area contributed by atoms with Crippen molar-refractivity contribution in [2.24, 2.45) is 0 Å². The van der Waals surface area contributed by atoms with E-state index < -0.39 is 0 Å². The fourth-order valence-electron chi connectivity index (χ4n) is 9.42. The molecule has 63 heavy (non-hydrogen) atoms. The molecule has 0 aromatic heterocycles. The van der Waals surface area contributed by atoms with Crippen molar-refractivity contribution in [1.82, 2.24) is 0 Å². The van der Waals surface area contributed by atoms with Gasteiger partial charge in [-0.15, -0.1) is 0 Å². The summed E-state index contributed by atoms with van der Waals surface area (Å²) in [6.07, 6.45) is 0. The molecule has 0 amide bonds. The summed E-state index contributed by atoms with van der Waals surface area (Å²) in [5.74, 6) is 0. The van der Waals surface area contributed by atoms with Crippen LogP contribution in [0.15, 0.2) is 261 Å². The van der Waals surface area contributed by atoms with Crippen molar-refractivity contribution in [1.29, 1.82) is 0 Å². The van der Waals surface area contributed by atoms with Gasteiger partial charge in [0, 0.05) is 16.8 Å². The van der Waals surface area contributed by atoms with Crippen molar-refractivity contribution in [2.75, 3.05) is 4.90 Å². The van der Waals surface area contributed by atoms with E-state index in [1.165, 1.54) is 88.3 Å². The highest BCUT2D eigenvalue weighted by Crippen LogP contribution is 2.52. The van der Waals surface area contributed by atoms with Gasteiger partial charge in [0.25, 0.3) is 0 Å². The molecule has 0 atom stereocenters. The first-order valence-electron chi connectivity index (χ1n) is 21.7. The molecule has 0 heterocycles. The predicted octanol–water partition coefficient (Wildman–Crippen LogP) is 17.5. The largest absolute Gasteiger partial charge is 0.310 e. The lowest BCUT2D eigenvalue weighted by Crippen LogP contribution is -2.10. The van der Waals surface area contributed by atoms with Crippen LogP contribution in [0.3, 0.4) is 0 Å². The first-order chi connectivity index (χ1) is 31.3. The molecule has 0 aliphatic heterocycles. The summed E-state index contributed by atoms with van der Waals surface area (Å²) in [7, 11) is 0. The fourth-order valence-corrected chi connectivity index (χ4v) is 9.42. The molecular formula is C62H43N. The van der Waals surface area contributed by atoms with Crippen LogP contribution in [0.5, 0.6) is 0 Å². The quantitative estimate of drug-likeness (QED) is 0.141. The third-order valence-corrected chi connectivity index (χ3v) is 12.3. The third kappa shape index (κ3) is 7.06. The van der Waals surface area contributed by atoms with Crippen LogP contribution < -0.4 is 4.90 Å². The normalized spacial score (nSPS) is 11.2. The average molecular weight is 802 g/mol. The smallest absolute Gasteiger partial charge is 0.0540 e. The number of hydrogen-bond donors (Lipinski definition) is 0. The molecule has 11 aromatic rings. The molecule has 0 N–H and O–H groups in total. The maximum Gasteiger partial charge on any atom is 0.0540 e. The van der Waals surface area contributed by atoms with Crippen molar-refractivity contribution >= 4 is 38.6 Å². The van der Waals surface area contributed by atoms with Crippen LogP contribution in [0, 0.1) is 0 Å². The molecule has 0 aliphatic rings. The van der Waals surface area contributed by atoms with Gasteiger partial charge in [0.2, 0.25) is 0 Å². The summed E-state index contributed by atoms with van der Waals surface area (Å²) in [6, 6.07) is 94.7. The van der Waals surface area contributed by atoms with Crippen molar-refractivity contribution in [3.63, 3.8) is 0 Å². The van der Waals surface area contributed by atoms with E-state index >= 15 is 0 Å². The number of nitrogens with zero attached hydrogens (tertiary/aromatic N) is 1. The van der Waals surface area contributed by atoms with Gasteiger partial charge in [0.1, 0.15) is 0 Å². The Morgan fingerprint density at radius 2 is 0.587 bits per heavy atom. The summed E-state index contributed by atoms with van der Waals surface area (Å²) in [4.78, 5) is 2.39. The molecule has 0 radical (unpaired) electrons. The number of hydrogen-bond acceptors (Lipinski definition) is 1. The van der Waals surface area contributed by atoms with E-state index in [0.29, 0.717) is 0 Å². The lowest BCUT2D eigenvalue weighted by molar-refractivity contribution is 1.30. The van der Waals surface area contributed by atoms with Crippen LogP contribution in [-0.2, 0) is 0 Å². The molecule has 11 rings (SSSR count). The monoisotopic (exact) mass is 801 g/mol. The second-order valence-electron chi connectivity index (χ2n) is 16.0. The summed E-state index contributed by atoms with van der Waals surface area (Å²) in [5, 5.41) is 4.82. The Hall–Kier alpha value is -8.26. The van der Waals surface area contributed by atoms with E-state index in [9.17, 15) is 0 Å². The van der Waals surface area contributed by atoms with E-state index in [4.69, 9.17) is 0 Å². The van der Waals surface area contributed by atoms with Crippen LogP contribution in [0.2, 0.25) is 0 Å². The second-order valence-corrected chi connectivity index (χ2v) is 16.0. The van der Waals surface area contributed by atoms with Crippen LogP contribution >= 0.6 is 0 Å². The SMILES string of the molecule is c1ccc(-c2ccc(N(c3ccccc3)c3ccc(-c4ccc5c(-c6ccccc6)c(-c6ccccc6)c(-c6ccccc6)c(-c6ccccc6)c5c4)c4ccccc34)cc2)cc1. The van der Waals surface area contributed by atoms with Crippen LogP contribution in [0.4, 0.5) is 17.1 Å². The standard InChI is InChI=1S/C62H43N/c1-7-21-44(22-8-1)45-35-38-52(39-36-45)63(51-31-17-6-18-32-51)58-42-41-53(54-33-19-20-34-55(54)58)50-37-40-56-57(43-50)60(47-25-11-3-12-26-47)62(49-29-15-5-16-30-49)61(48-27-13-4-14-28-48)59(56)46-23-9-2-10-24-46/h1-43H. The van der Waals surface area contributed by atoms with Crippen LogP contribution in [-0.4, -0.2) is 0 Å². The van der Waals surface area contributed by atoms with Gasteiger partial charge in [-0.05, 0) is 119 Å². The number of benzene rings is 11. The van der Waals surface area contributed by atoms with Crippen LogP contribution in [0.1, 0.15) is 0 Å². The summed E-state index contributed by atoms with van der Waals surface area (Å²) >= 11 is 0. The Balaban J connectivity index is 1.17. The number of rotatable bonds is 9. The van der Waals surface area contributed by atoms with E-state index in [2.05, 4.69) is 266 Å². The average Bonchev–Trinajstić information content (AvgIpc) is 3.37. The summed E-state index contributed by atoms with van der Waals surface area (Å²) < 4.78 is 0. The molecular weight excluding hydrogens is 759 g/mol. The van der Waals surface area contributed by atoms with E-state index in [1.54, 1.807) is 0 Å². The maximum atomic E-state index is 2.45.